The first-order valence-corrected chi connectivity index (χ1v) is 10.4. The largest absolute Gasteiger partial charge is 0.497 e. The van der Waals surface area contributed by atoms with Gasteiger partial charge >= 0.3 is 0 Å². The molecule has 0 saturated carbocycles. The Labute approximate surface area is 174 Å². The third-order valence-corrected chi connectivity index (χ3v) is 6.18. The van der Waals surface area contributed by atoms with E-state index in [1.807, 2.05) is 49.4 Å². The molecule has 1 aliphatic heterocycles. The summed E-state index contributed by atoms with van der Waals surface area (Å²) in [6.45, 7) is 2.48. The maximum Gasteiger partial charge on any atom is 0.225 e. The predicted octanol–water partition coefficient (Wildman–Crippen LogP) is 5.31. The van der Waals surface area contributed by atoms with Crippen LogP contribution in [0.5, 0.6) is 17.2 Å². The van der Waals surface area contributed by atoms with Gasteiger partial charge in [-0.3, -0.25) is 4.79 Å². The molecule has 1 amide bonds. The molecule has 0 bridgehead atoms. The van der Waals surface area contributed by atoms with Crippen LogP contribution in [0.4, 0.5) is 5.69 Å². The zero-order valence-electron chi connectivity index (χ0n) is 16.7. The van der Waals surface area contributed by atoms with E-state index >= 15 is 0 Å². The molecule has 0 radical (unpaired) electrons. The predicted molar refractivity (Wildman–Crippen MR) is 116 cm³/mol. The van der Waals surface area contributed by atoms with Crippen molar-refractivity contribution in [1.29, 1.82) is 0 Å². The lowest BCUT2D eigenvalue weighted by Gasteiger charge is -2.26. The Morgan fingerprint density at radius 2 is 1.90 bits per heavy atom. The number of thiophene rings is 1. The molecule has 1 aromatic heterocycles. The van der Waals surface area contributed by atoms with Crippen LogP contribution in [-0.2, 0) is 4.79 Å². The lowest BCUT2D eigenvalue weighted by Crippen LogP contribution is -2.23. The number of benzene rings is 2. The van der Waals surface area contributed by atoms with Crippen LogP contribution in [0.2, 0.25) is 0 Å². The van der Waals surface area contributed by atoms with E-state index in [1.54, 1.807) is 25.6 Å². The number of anilines is 1. The summed E-state index contributed by atoms with van der Waals surface area (Å²) in [7, 11) is 3.28. The first-order valence-electron chi connectivity index (χ1n) is 9.51. The third-order valence-electron chi connectivity index (χ3n) is 5.08. The summed E-state index contributed by atoms with van der Waals surface area (Å²) in [6, 6.07) is 13.7. The van der Waals surface area contributed by atoms with Crippen molar-refractivity contribution in [1.82, 2.24) is 0 Å². The molecule has 1 atom stereocenters. The number of hydrogen-bond acceptors (Lipinski definition) is 5. The van der Waals surface area contributed by atoms with Gasteiger partial charge in [0, 0.05) is 33.7 Å². The van der Waals surface area contributed by atoms with E-state index in [4.69, 9.17) is 14.2 Å². The molecule has 1 N–H and O–H groups in total. The van der Waals surface area contributed by atoms with E-state index in [9.17, 15) is 4.79 Å². The van der Waals surface area contributed by atoms with Gasteiger partial charge in [0.05, 0.1) is 26.5 Å². The van der Waals surface area contributed by atoms with Gasteiger partial charge in [0.2, 0.25) is 5.91 Å². The van der Waals surface area contributed by atoms with Crippen molar-refractivity contribution >= 4 is 22.9 Å². The summed E-state index contributed by atoms with van der Waals surface area (Å²) in [6.07, 6.45) is 0.378. The number of carbonyl (C=O) groups excluding carboxylic acids is 1. The van der Waals surface area contributed by atoms with Gasteiger partial charge in [-0.1, -0.05) is 24.3 Å². The van der Waals surface area contributed by atoms with Crippen LogP contribution >= 0.6 is 11.3 Å². The van der Waals surface area contributed by atoms with Gasteiger partial charge in [-0.15, -0.1) is 11.3 Å². The highest BCUT2D eigenvalue weighted by atomic mass is 32.1. The fourth-order valence-corrected chi connectivity index (χ4v) is 4.88. The summed E-state index contributed by atoms with van der Waals surface area (Å²) in [5.74, 6) is 2.12. The van der Waals surface area contributed by atoms with Gasteiger partial charge in [0.25, 0.3) is 0 Å². The maximum atomic E-state index is 12.6. The molecule has 0 aliphatic carbocycles. The van der Waals surface area contributed by atoms with Gasteiger partial charge in [-0.2, -0.15) is 0 Å². The zero-order valence-corrected chi connectivity index (χ0v) is 17.5. The minimum Gasteiger partial charge on any atom is -0.497 e. The van der Waals surface area contributed by atoms with Gasteiger partial charge in [-0.05, 0) is 30.7 Å². The lowest BCUT2D eigenvalue weighted by atomic mass is 9.88. The second-order valence-corrected chi connectivity index (χ2v) is 7.64. The van der Waals surface area contributed by atoms with Crippen molar-refractivity contribution in [2.75, 3.05) is 26.1 Å². The second kappa shape index (κ2) is 8.17. The van der Waals surface area contributed by atoms with E-state index in [2.05, 4.69) is 10.7 Å². The summed E-state index contributed by atoms with van der Waals surface area (Å²) >= 11 is 1.66. The van der Waals surface area contributed by atoms with Crippen LogP contribution in [0.3, 0.4) is 0 Å². The first kappa shape index (κ1) is 19.3. The molecule has 3 aromatic rings. The number of para-hydroxylation sites is 1. The van der Waals surface area contributed by atoms with E-state index in [0.29, 0.717) is 24.5 Å². The van der Waals surface area contributed by atoms with Crippen LogP contribution in [-0.4, -0.2) is 26.7 Å². The van der Waals surface area contributed by atoms with Crippen molar-refractivity contribution in [3.63, 3.8) is 0 Å². The Hall–Kier alpha value is -2.99. The van der Waals surface area contributed by atoms with Gasteiger partial charge in [0.1, 0.15) is 5.75 Å². The Kier molecular flexibility index (Phi) is 5.45. The molecule has 1 aliphatic rings. The van der Waals surface area contributed by atoms with E-state index in [1.165, 1.54) is 0 Å². The number of methoxy groups -OCH3 is 2. The summed E-state index contributed by atoms with van der Waals surface area (Å²) in [4.78, 5) is 13.7. The third kappa shape index (κ3) is 3.56. The molecule has 2 heterocycles. The number of rotatable bonds is 6. The fourth-order valence-electron chi connectivity index (χ4n) is 3.73. The highest BCUT2D eigenvalue weighted by molar-refractivity contribution is 7.11. The second-order valence-electron chi connectivity index (χ2n) is 6.73. The first-order chi connectivity index (χ1) is 14.2. The highest BCUT2D eigenvalue weighted by Crippen LogP contribution is 2.49. The molecule has 0 fully saturated rings. The van der Waals surface area contributed by atoms with Crippen LogP contribution in [0.1, 0.15) is 29.7 Å². The quantitative estimate of drug-likeness (QED) is 0.600. The molecular formula is C23H23NO4S. The maximum absolute atomic E-state index is 12.6. The average Bonchev–Trinajstić information content (AvgIpc) is 3.17. The van der Waals surface area contributed by atoms with Crippen molar-refractivity contribution in [2.24, 2.45) is 0 Å². The average molecular weight is 410 g/mol. The van der Waals surface area contributed by atoms with E-state index in [-0.39, 0.29) is 11.8 Å². The number of carbonyl (C=O) groups is 1. The van der Waals surface area contributed by atoms with Crippen LogP contribution in [0.15, 0.2) is 47.8 Å². The van der Waals surface area contributed by atoms with Crippen molar-refractivity contribution < 1.29 is 19.0 Å². The van der Waals surface area contributed by atoms with Gasteiger partial charge in [0.15, 0.2) is 11.5 Å². The van der Waals surface area contributed by atoms with Crippen molar-refractivity contribution in [3.05, 3.63) is 58.3 Å². The van der Waals surface area contributed by atoms with Gasteiger partial charge < -0.3 is 19.5 Å². The zero-order chi connectivity index (χ0) is 20.4. The van der Waals surface area contributed by atoms with E-state index < -0.39 is 0 Å². The molecule has 2 aromatic carbocycles. The normalized spacial score (nSPS) is 15.4. The summed E-state index contributed by atoms with van der Waals surface area (Å²) in [5.41, 5.74) is 3.92. The lowest BCUT2D eigenvalue weighted by molar-refractivity contribution is -0.116. The van der Waals surface area contributed by atoms with Crippen LogP contribution in [0, 0.1) is 0 Å². The summed E-state index contributed by atoms with van der Waals surface area (Å²) < 4.78 is 16.7. The van der Waals surface area contributed by atoms with Crippen molar-refractivity contribution in [3.8, 4) is 28.4 Å². The molecule has 6 heteroatoms. The minimum absolute atomic E-state index is 0.000861. The molecule has 5 nitrogen and oxygen atoms in total. The molecular weight excluding hydrogens is 386 g/mol. The Morgan fingerprint density at radius 3 is 2.59 bits per heavy atom. The van der Waals surface area contributed by atoms with Crippen molar-refractivity contribution in [2.45, 2.75) is 19.3 Å². The Balaban J connectivity index is 1.80. The SMILES string of the molecule is CCOc1c(OC)cccc1[C@@H]1CC(=O)Nc2c(-c3ccc(OC)cc3)csc21. The number of hydrogen-bond donors (Lipinski definition) is 1. The number of amides is 1. The van der Waals surface area contributed by atoms with Crippen LogP contribution in [0.25, 0.3) is 11.1 Å². The molecule has 29 heavy (non-hydrogen) atoms. The summed E-state index contributed by atoms with van der Waals surface area (Å²) in [5, 5.41) is 5.19. The Morgan fingerprint density at radius 1 is 1.10 bits per heavy atom. The number of ether oxygens (including phenoxy) is 3. The minimum atomic E-state index is -0.0765. The smallest absolute Gasteiger partial charge is 0.225 e. The molecule has 150 valence electrons. The fraction of sp³-hybridized carbons (Fsp3) is 0.261. The number of nitrogens with one attached hydrogen (secondary N) is 1. The Bertz CT molecular complexity index is 1030. The molecule has 0 saturated heterocycles. The standard InChI is InChI=1S/C23H23NO4S/c1-4-28-22-16(6-5-7-19(22)27-3)17-12-20(25)24-21-18(13-29-23(17)21)14-8-10-15(26-2)11-9-14/h5-11,13,17H,4,12H2,1-3H3,(H,24,25)/t17-/m0/s1. The van der Waals surface area contributed by atoms with E-state index in [0.717, 1.165) is 33.0 Å². The highest BCUT2D eigenvalue weighted by Gasteiger charge is 2.33. The van der Waals surface area contributed by atoms with Gasteiger partial charge in [-0.25, -0.2) is 0 Å². The molecule has 0 spiro atoms. The monoisotopic (exact) mass is 409 g/mol. The topological polar surface area (TPSA) is 56.8 Å². The molecule has 4 rings (SSSR count). The molecule has 0 unspecified atom stereocenters. The number of fused-ring (bicyclic) bond motifs is 1. The van der Waals surface area contributed by atoms with Crippen LogP contribution < -0.4 is 19.5 Å².